The van der Waals surface area contributed by atoms with Crippen LogP contribution in [-0.2, 0) is 11.2 Å². The summed E-state index contributed by atoms with van der Waals surface area (Å²) in [6.07, 6.45) is 2.11. The van der Waals surface area contributed by atoms with Gasteiger partial charge in [-0.25, -0.2) is 0 Å². The normalized spacial score (nSPS) is 10.9. The van der Waals surface area contributed by atoms with Gasteiger partial charge in [-0.3, -0.25) is 4.79 Å². The second-order valence-corrected chi connectivity index (χ2v) is 6.26. The Morgan fingerprint density at radius 3 is 2.52 bits per heavy atom. The first-order valence-electron chi connectivity index (χ1n) is 7.67. The van der Waals surface area contributed by atoms with E-state index in [4.69, 9.17) is 23.2 Å². The molecule has 128 valence electrons. The molecule has 2 N–H and O–H groups in total. The molecule has 0 atom stereocenters. The SMILES string of the molecule is CCc1cccc(C)c1NC(=O)/C(C#N)=C\Nc1cc(Cl)cc(Cl)c1. The van der Waals surface area contributed by atoms with Gasteiger partial charge < -0.3 is 10.6 Å². The van der Waals surface area contributed by atoms with Gasteiger partial charge in [-0.05, 0) is 42.7 Å². The Morgan fingerprint density at radius 2 is 1.92 bits per heavy atom. The highest BCUT2D eigenvalue weighted by Gasteiger charge is 2.13. The second-order valence-electron chi connectivity index (χ2n) is 5.39. The third-order valence-corrected chi connectivity index (χ3v) is 4.03. The van der Waals surface area contributed by atoms with Crippen molar-refractivity contribution in [2.45, 2.75) is 20.3 Å². The van der Waals surface area contributed by atoms with Crippen molar-refractivity contribution in [3.05, 3.63) is 69.3 Å². The molecule has 0 spiro atoms. The van der Waals surface area contributed by atoms with Gasteiger partial charge >= 0.3 is 0 Å². The van der Waals surface area contributed by atoms with Crippen LogP contribution >= 0.6 is 23.2 Å². The van der Waals surface area contributed by atoms with Crippen LogP contribution in [-0.4, -0.2) is 5.91 Å². The third-order valence-electron chi connectivity index (χ3n) is 3.59. The zero-order valence-corrected chi connectivity index (χ0v) is 15.4. The minimum absolute atomic E-state index is 0.0543. The van der Waals surface area contributed by atoms with Crippen molar-refractivity contribution in [1.29, 1.82) is 5.26 Å². The van der Waals surface area contributed by atoms with Crippen LogP contribution in [0.1, 0.15) is 18.1 Å². The zero-order chi connectivity index (χ0) is 18.4. The summed E-state index contributed by atoms with van der Waals surface area (Å²) in [4.78, 5) is 12.4. The van der Waals surface area contributed by atoms with E-state index >= 15 is 0 Å². The van der Waals surface area contributed by atoms with E-state index < -0.39 is 5.91 Å². The van der Waals surface area contributed by atoms with Crippen LogP contribution in [0.15, 0.2) is 48.2 Å². The zero-order valence-electron chi connectivity index (χ0n) is 13.9. The van der Waals surface area contributed by atoms with E-state index in [9.17, 15) is 10.1 Å². The number of carbonyl (C=O) groups excluding carboxylic acids is 1. The molecule has 2 aromatic carbocycles. The summed E-state index contributed by atoms with van der Waals surface area (Å²) in [5.41, 5.74) is 3.23. The molecule has 4 nitrogen and oxygen atoms in total. The molecule has 2 aromatic rings. The van der Waals surface area contributed by atoms with Gasteiger partial charge in [0.2, 0.25) is 0 Å². The number of nitrogens with zero attached hydrogens (tertiary/aromatic N) is 1. The average Bonchev–Trinajstić information content (AvgIpc) is 2.56. The Labute approximate surface area is 157 Å². The van der Waals surface area contributed by atoms with E-state index in [0.29, 0.717) is 15.7 Å². The number of rotatable bonds is 5. The van der Waals surface area contributed by atoms with Crippen molar-refractivity contribution in [3.8, 4) is 6.07 Å². The minimum atomic E-state index is -0.480. The minimum Gasteiger partial charge on any atom is -0.360 e. The van der Waals surface area contributed by atoms with Gasteiger partial charge in [0.15, 0.2) is 0 Å². The van der Waals surface area contributed by atoms with Gasteiger partial charge in [0.05, 0.1) is 0 Å². The first-order chi connectivity index (χ1) is 11.9. The molecule has 0 fully saturated rings. The highest BCUT2D eigenvalue weighted by Crippen LogP contribution is 2.23. The van der Waals surface area contributed by atoms with Gasteiger partial charge in [-0.1, -0.05) is 48.3 Å². The molecule has 6 heteroatoms. The lowest BCUT2D eigenvalue weighted by Crippen LogP contribution is -2.16. The van der Waals surface area contributed by atoms with Crippen molar-refractivity contribution in [2.24, 2.45) is 0 Å². The van der Waals surface area contributed by atoms with Crippen LogP contribution in [0.3, 0.4) is 0 Å². The molecule has 0 unspecified atom stereocenters. The lowest BCUT2D eigenvalue weighted by atomic mass is 10.1. The van der Waals surface area contributed by atoms with Gasteiger partial charge in [0, 0.05) is 27.6 Å². The van der Waals surface area contributed by atoms with E-state index in [-0.39, 0.29) is 5.57 Å². The van der Waals surface area contributed by atoms with Gasteiger partial charge in [-0.2, -0.15) is 5.26 Å². The summed E-state index contributed by atoms with van der Waals surface area (Å²) >= 11 is 11.9. The third kappa shape index (κ3) is 4.99. The van der Waals surface area contributed by atoms with E-state index in [1.807, 2.05) is 38.1 Å². The number of para-hydroxylation sites is 1. The first-order valence-corrected chi connectivity index (χ1v) is 8.43. The number of amides is 1. The van der Waals surface area contributed by atoms with Crippen molar-refractivity contribution >= 4 is 40.5 Å². The van der Waals surface area contributed by atoms with Crippen molar-refractivity contribution in [2.75, 3.05) is 10.6 Å². The number of benzene rings is 2. The largest absolute Gasteiger partial charge is 0.360 e. The fraction of sp³-hybridized carbons (Fsp3) is 0.158. The maximum Gasteiger partial charge on any atom is 0.267 e. The van der Waals surface area contributed by atoms with Crippen LogP contribution in [0.4, 0.5) is 11.4 Å². The molecular formula is C19H17Cl2N3O. The monoisotopic (exact) mass is 373 g/mol. The van der Waals surface area contributed by atoms with Crippen LogP contribution < -0.4 is 10.6 Å². The summed E-state index contributed by atoms with van der Waals surface area (Å²) in [5.74, 6) is -0.480. The molecule has 1 amide bonds. The predicted molar refractivity (Wildman–Crippen MR) is 103 cm³/mol. The maximum absolute atomic E-state index is 12.4. The molecule has 0 saturated heterocycles. The van der Waals surface area contributed by atoms with Gasteiger partial charge in [0.1, 0.15) is 11.6 Å². The first kappa shape index (κ1) is 18.9. The van der Waals surface area contributed by atoms with Crippen molar-refractivity contribution < 1.29 is 4.79 Å². The summed E-state index contributed by atoms with van der Waals surface area (Å²) in [6.45, 7) is 3.92. The Bertz CT molecular complexity index is 849. The van der Waals surface area contributed by atoms with Crippen LogP contribution in [0.5, 0.6) is 0 Å². The van der Waals surface area contributed by atoms with Gasteiger partial charge in [-0.15, -0.1) is 0 Å². The summed E-state index contributed by atoms with van der Waals surface area (Å²) in [6, 6.07) is 12.6. The van der Waals surface area contributed by atoms with Crippen molar-refractivity contribution in [3.63, 3.8) is 0 Å². The van der Waals surface area contributed by atoms with E-state index in [1.165, 1.54) is 6.20 Å². The average molecular weight is 374 g/mol. The molecule has 0 heterocycles. The number of hydrogen-bond donors (Lipinski definition) is 2. The molecule has 0 saturated carbocycles. The number of nitriles is 1. The molecular weight excluding hydrogens is 357 g/mol. The fourth-order valence-electron chi connectivity index (χ4n) is 2.32. The molecule has 0 radical (unpaired) electrons. The number of halogens is 2. The quantitative estimate of drug-likeness (QED) is 0.550. The second kappa shape index (κ2) is 8.57. The lowest BCUT2D eigenvalue weighted by molar-refractivity contribution is -0.112. The molecule has 0 aromatic heterocycles. The fourth-order valence-corrected chi connectivity index (χ4v) is 2.85. The van der Waals surface area contributed by atoms with Crippen LogP contribution in [0.25, 0.3) is 0 Å². The van der Waals surface area contributed by atoms with Gasteiger partial charge in [0.25, 0.3) is 5.91 Å². The predicted octanol–water partition coefficient (Wildman–Crippen LogP) is 5.32. The summed E-state index contributed by atoms with van der Waals surface area (Å²) < 4.78 is 0. The van der Waals surface area contributed by atoms with Crippen molar-refractivity contribution in [1.82, 2.24) is 0 Å². The Kier molecular flexibility index (Phi) is 6.46. The highest BCUT2D eigenvalue weighted by molar-refractivity contribution is 6.35. The number of nitrogens with one attached hydrogen (secondary N) is 2. The molecule has 0 aliphatic rings. The van der Waals surface area contributed by atoms with Crippen LogP contribution in [0.2, 0.25) is 10.0 Å². The number of aryl methyl sites for hydroxylation is 2. The maximum atomic E-state index is 12.4. The molecule has 0 aliphatic heterocycles. The molecule has 25 heavy (non-hydrogen) atoms. The standard InChI is InChI=1S/C19H17Cl2N3O/c1-3-13-6-4-5-12(2)18(13)24-19(25)14(10-22)11-23-17-8-15(20)7-16(21)9-17/h4-9,11,23H,3H2,1-2H3,(H,24,25)/b14-11-. The molecule has 2 rings (SSSR count). The van der Waals surface area contributed by atoms with E-state index in [2.05, 4.69) is 10.6 Å². The Hall–Kier alpha value is -2.48. The Morgan fingerprint density at radius 1 is 1.24 bits per heavy atom. The molecule has 0 bridgehead atoms. The summed E-state index contributed by atoms with van der Waals surface area (Å²) in [7, 11) is 0. The smallest absolute Gasteiger partial charge is 0.267 e. The van der Waals surface area contributed by atoms with E-state index in [0.717, 1.165) is 23.2 Å². The lowest BCUT2D eigenvalue weighted by Gasteiger charge is -2.12. The number of hydrogen-bond acceptors (Lipinski definition) is 3. The summed E-state index contributed by atoms with van der Waals surface area (Å²) in [5, 5.41) is 15.9. The topological polar surface area (TPSA) is 64.9 Å². The Balaban J connectivity index is 2.20. The number of carbonyl (C=O) groups is 1. The number of anilines is 2. The molecule has 0 aliphatic carbocycles. The van der Waals surface area contributed by atoms with E-state index in [1.54, 1.807) is 18.2 Å². The van der Waals surface area contributed by atoms with Crippen LogP contribution in [0, 0.1) is 18.3 Å². The highest BCUT2D eigenvalue weighted by atomic mass is 35.5.